The summed E-state index contributed by atoms with van der Waals surface area (Å²) in [5.41, 5.74) is 16.1. The number of nitrogens with one attached hydrogen (secondary N) is 3. The van der Waals surface area contributed by atoms with E-state index in [4.69, 9.17) is 28.0 Å². The highest BCUT2D eigenvalue weighted by molar-refractivity contribution is 5.77. The van der Waals surface area contributed by atoms with E-state index in [1.54, 1.807) is 11.8 Å². The second-order valence-electron chi connectivity index (χ2n) is 3.94. The number of nitrogens with two attached hydrogens (primary N) is 3. The van der Waals surface area contributed by atoms with Gasteiger partial charge in [0.2, 0.25) is 0 Å². The lowest BCUT2D eigenvalue weighted by atomic mass is 10.3. The van der Waals surface area contributed by atoms with Gasteiger partial charge in [-0.25, -0.2) is 0 Å². The highest BCUT2D eigenvalue weighted by Crippen LogP contribution is 1.94. The van der Waals surface area contributed by atoms with E-state index in [9.17, 15) is 0 Å². The van der Waals surface area contributed by atoms with Crippen LogP contribution in [0.5, 0.6) is 0 Å². The zero-order chi connectivity index (χ0) is 14.0. The molecule has 0 heterocycles. The summed E-state index contributed by atoms with van der Waals surface area (Å²) in [7, 11) is 0. The van der Waals surface area contributed by atoms with Crippen molar-refractivity contribution in [3.05, 3.63) is 0 Å². The first-order valence-electron chi connectivity index (χ1n) is 5.87. The summed E-state index contributed by atoms with van der Waals surface area (Å²) in [4.78, 5) is 5.84. The number of hydrogen-bond acceptors (Lipinski definition) is 3. The van der Waals surface area contributed by atoms with E-state index < -0.39 is 0 Å². The molecular weight excluding hydrogens is 232 g/mol. The Hall–Kier alpha value is -1.99. The van der Waals surface area contributed by atoms with Gasteiger partial charge in [-0.05, 0) is 19.8 Å². The lowest BCUT2D eigenvalue weighted by Gasteiger charge is -2.22. The largest absolute Gasteiger partial charge is 0.388 e. The van der Waals surface area contributed by atoms with Crippen LogP contribution < -0.4 is 22.5 Å². The van der Waals surface area contributed by atoms with Crippen molar-refractivity contribution in [2.45, 2.75) is 19.8 Å². The van der Waals surface area contributed by atoms with Crippen LogP contribution >= 0.6 is 0 Å². The minimum atomic E-state index is -0.0443. The number of hydrogen-bond donors (Lipinski definition) is 6. The van der Waals surface area contributed by atoms with Gasteiger partial charge >= 0.3 is 0 Å². The molecular formula is C10H24N8. The quantitative estimate of drug-likeness (QED) is 0.183. The molecule has 0 atom stereocenters. The molecule has 0 aliphatic heterocycles. The maximum Gasteiger partial charge on any atom is 0.188 e. The molecule has 18 heavy (non-hydrogen) atoms. The molecule has 0 bridgehead atoms. The standard InChI is InChI=1S/C10H24N8/c1-8(11)16-4-2-6-18(10(14)15)7-3-5-17-9(12)13/h2-7H2,1H3,(H2,11,16)(H3,14,15)(H4,12,13,17). The van der Waals surface area contributed by atoms with Crippen LogP contribution in [0.15, 0.2) is 4.99 Å². The van der Waals surface area contributed by atoms with Gasteiger partial charge in [-0.15, -0.1) is 0 Å². The Balaban J connectivity index is 3.82. The molecule has 0 aromatic heterocycles. The first-order chi connectivity index (χ1) is 8.43. The molecule has 0 amide bonds. The molecule has 0 rings (SSSR count). The van der Waals surface area contributed by atoms with Gasteiger partial charge in [0.15, 0.2) is 11.9 Å². The van der Waals surface area contributed by atoms with Crippen LogP contribution in [0.25, 0.3) is 0 Å². The SMILES string of the molecule is CC(N)=NCCCN(CCCNC(=N)N)C(=N)N. The van der Waals surface area contributed by atoms with Crippen LogP contribution in [0.2, 0.25) is 0 Å². The van der Waals surface area contributed by atoms with E-state index >= 15 is 0 Å². The third-order valence-corrected chi connectivity index (χ3v) is 2.21. The van der Waals surface area contributed by atoms with Gasteiger partial charge in [0.1, 0.15) is 0 Å². The monoisotopic (exact) mass is 256 g/mol. The zero-order valence-electron chi connectivity index (χ0n) is 10.9. The Labute approximate surface area is 108 Å². The molecule has 9 N–H and O–H groups in total. The van der Waals surface area contributed by atoms with Crippen molar-refractivity contribution in [1.82, 2.24) is 10.2 Å². The summed E-state index contributed by atoms with van der Waals surface area (Å²) < 4.78 is 0. The van der Waals surface area contributed by atoms with Crippen molar-refractivity contribution in [3.63, 3.8) is 0 Å². The molecule has 8 nitrogen and oxygen atoms in total. The predicted molar refractivity (Wildman–Crippen MR) is 74.8 cm³/mol. The highest BCUT2D eigenvalue weighted by Gasteiger charge is 2.05. The maximum atomic E-state index is 7.45. The second kappa shape index (κ2) is 9.08. The van der Waals surface area contributed by atoms with Crippen LogP contribution in [0.3, 0.4) is 0 Å². The average Bonchev–Trinajstić information content (AvgIpc) is 2.25. The zero-order valence-corrected chi connectivity index (χ0v) is 10.9. The molecule has 0 aromatic carbocycles. The van der Waals surface area contributed by atoms with E-state index in [1.165, 1.54) is 0 Å². The first-order valence-corrected chi connectivity index (χ1v) is 5.87. The Bertz CT molecular complexity index is 294. The van der Waals surface area contributed by atoms with Crippen molar-refractivity contribution in [2.75, 3.05) is 26.2 Å². The van der Waals surface area contributed by atoms with E-state index in [0.29, 0.717) is 32.0 Å². The summed E-state index contributed by atoms with van der Waals surface area (Å²) in [6.45, 7) is 4.31. The third kappa shape index (κ3) is 9.25. The number of guanidine groups is 2. The normalized spacial score (nSPS) is 11.1. The van der Waals surface area contributed by atoms with Crippen molar-refractivity contribution in [3.8, 4) is 0 Å². The summed E-state index contributed by atoms with van der Waals surface area (Å²) in [6.07, 6.45) is 1.56. The molecule has 8 heteroatoms. The average molecular weight is 256 g/mol. The third-order valence-electron chi connectivity index (χ3n) is 2.21. The van der Waals surface area contributed by atoms with Crippen molar-refractivity contribution >= 4 is 17.8 Å². The van der Waals surface area contributed by atoms with Crippen LogP contribution in [0.4, 0.5) is 0 Å². The fourth-order valence-electron chi connectivity index (χ4n) is 1.36. The Morgan fingerprint density at radius 2 is 1.78 bits per heavy atom. The molecule has 0 aromatic rings. The highest BCUT2D eigenvalue weighted by atomic mass is 15.2. The fraction of sp³-hybridized carbons (Fsp3) is 0.700. The lowest BCUT2D eigenvalue weighted by Crippen LogP contribution is -2.40. The number of rotatable bonds is 8. The molecule has 104 valence electrons. The second-order valence-corrected chi connectivity index (χ2v) is 3.94. The molecule has 0 aliphatic carbocycles. The summed E-state index contributed by atoms with van der Waals surface area (Å²) in [5.74, 6) is 0.568. The maximum absolute atomic E-state index is 7.45. The number of amidine groups is 1. The summed E-state index contributed by atoms with van der Waals surface area (Å²) in [6, 6.07) is 0. The molecule has 0 saturated carbocycles. The van der Waals surface area contributed by atoms with Gasteiger partial charge < -0.3 is 27.4 Å². The Morgan fingerprint density at radius 3 is 2.28 bits per heavy atom. The van der Waals surface area contributed by atoms with E-state index in [-0.39, 0.29) is 11.9 Å². The van der Waals surface area contributed by atoms with Crippen molar-refractivity contribution in [2.24, 2.45) is 22.2 Å². The van der Waals surface area contributed by atoms with Gasteiger partial charge in [-0.2, -0.15) is 0 Å². The van der Waals surface area contributed by atoms with Crippen molar-refractivity contribution in [1.29, 1.82) is 10.8 Å². The van der Waals surface area contributed by atoms with Gasteiger partial charge in [-0.3, -0.25) is 15.8 Å². The van der Waals surface area contributed by atoms with Gasteiger partial charge in [0.05, 0.1) is 5.84 Å². The van der Waals surface area contributed by atoms with E-state index in [2.05, 4.69) is 10.3 Å². The Kier molecular flexibility index (Phi) is 8.08. The molecule has 0 saturated heterocycles. The number of nitrogens with zero attached hydrogens (tertiary/aromatic N) is 2. The van der Waals surface area contributed by atoms with Crippen LogP contribution in [-0.2, 0) is 0 Å². The predicted octanol–water partition coefficient (Wildman–Crippen LogP) is -1.18. The molecule has 0 spiro atoms. The smallest absolute Gasteiger partial charge is 0.188 e. The molecule has 0 unspecified atom stereocenters. The molecule has 0 radical (unpaired) electrons. The van der Waals surface area contributed by atoms with Crippen LogP contribution in [-0.4, -0.2) is 48.8 Å². The van der Waals surface area contributed by atoms with Crippen LogP contribution in [0, 0.1) is 10.8 Å². The minimum Gasteiger partial charge on any atom is -0.388 e. The molecule has 0 aliphatic rings. The topological polar surface area (TPSA) is 153 Å². The first kappa shape index (κ1) is 16.0. The van der Waals surface area contributed by atoms with Gasteiger partial charge in [-0.1, -0.05) is 0 Å². The summed E-state index contributed by atoms with van der Waals surface area (Å²) in [5, 5.41) is 17.2. The lowest BCUT2D eigenvalue weighted by molar-refractivity contribution is 0.398. The van der Waals surface area contributed by atoms with Gasteiger partial charge in [0, 0.05) is 26.2 Å². The van der Waals surface area contributed by atoms with Crippen molar-refractivity contribution < 1.29 is 0 Å². The Morgan fingerprint density at radius 1 is 1.17 bits per heavy atom. The molecule has 0 fully saturated rings. The minimum absolute atomic E-state index is 0.0443. The van der Waals surface area contributed by atoms with Gasteiger partial charge in [0.25, 0.3) is 0 Å². The van der Waals surface area contributed by atoms with E-state index in [1.807, 2.05) is 0 Å². The number of aliphatic imine (C=N–C) groups is 1. The summed E-state index contributed by atoms with van der Waals surface area (Å²) >= 11 is 0. The van der Waals surface area contributed by atoms with Crippen LogP contribution in [0.1, 0.15) is 19.8 Å². The van der Waals surface area contributed by atoms with E-state index in [0.717, 1.165) is 12.8 Å². The fourth-order valence-corrected chi connectivity index (χ4v) is 1.36.